The van der Waals surface area contributed by atoms with E-state index in [4.69, 9.17) is 17.3 Å². The molecule has 0 radical (unpaired) electrons. The Balaban J connectivity index is 3.02. The quantitative estimate of drug-likeness (QED) is 0.766. The molecular formula is C17H29ClN2. The highest BCUT2D eigenvalue weighted by Crippen LogP contribution is 2.30. The van der Waals surface area contributed by atoms with Gasteiger partial charge in [0.05, 0.1) is 6.04 Å². The fourth-order valence-corrected chi connectivity index (χ4v) is 3.09. The third-order valence-corrected chi connectivity index (χ3v) is 4.51. The highest BCUT2D eigenvalue weighted by Gasteiger charge is 2.26. The molecule has 2 nitrogen and oxygen atoms in total. The zero-order valence-corrected chi connectivity index (χ0v) is 14.0. The first-order valence-electron chi connectivity index (χ1n) is 7.79. The predicted molar refractivity (Wildman–Crippen MR) is 89.2 cm³/mol. The average Bonchev–Trinajstić information content (AvgIpc) is 2.44. The summed E-state index contributed by atoms with van der Waals surface area (Å²) in [5, 5.41) is 0.817. The molecule has 0 aliphatic rings. The van der Waals surface area contributed by atoms with E-state index in [1.54, 1.807) is 0 Å². The largest absolute Gasteiger partial charge is 0.326 e. The van der Waals surface area contributed by atoms with Crippen LogP contribution in [0, 0.1) is 5.92 Å². The lowest BCUT2D eigenvalue weighted by Crippen LogP contribution is -2.41. The molecule has 0 heterocycles. The van der Waals surface area contributed by atoms with Gasteiger partial charge >= 0.3 is 0 Å². The second-order valence-corrected chi connectivity index (χ2v) is 6.00. The van der Waals surface area contributed by atoms with Crippen molar-refractivity contribution in [3.63, 3.8) is 0 Å². The lowest BCUT2D eigenvalue weighted by Gasteiger charge is -2.36. The highest BCUT2D eigenvalue weighted by atomic mass is 35.5. The number of hydrogen-bond donors (Lipinski definition) is 1. The molecule has 0 fully saturated rings. The lowest BCUT2D eigenvalue weighted by molar-refractivity contribution is 0.153. The number of halogens is 1. The fourth-order valence-electron chi connectivity index (χ4n) is 2.85. The van der Waals surface area contributed by atoms with Crippen molar-refractivity contribution in [2.45, 2.75) is 52.6 Å². The molecule has 0 aromatic heterocycles. The normalized spacial score (nSPS) is 14.8. The van der Waals surface area contributed by atoms with Gasteiger partial charge in [0.2, 0.25) is 0 Å². The Hall–Kier alpha value is -0.570. The van der Waals surface area contributed by atoms with Crippen LogP contribution < -0.4 is 5.73 Å². The highest BCUT2D eigenvalue weighted by molar-refractivity contribution is 6.31. The summed E-state index contributed by atoms with van der Waals surface area (Å²) in [5.41, 5.74) is 7.42. The first-order valence-corrected chi connectivity index (χ1v) is 8.16. The Morgan fingerprint density at radius 1 is 1.15 bits per heavy atom. The van der Waals surface area contributed by atoms with Crippen LogP contribution >= 0.6 is 11.6 Å². The molecule has 0 saturated heterocycles. The number of rotatable bonds is 8. The van der Waals surface area contributed by atoms with Crippen molar-refractivity contribution in [1.82, 2.24) is 4.90 Å². The molecule has 114 valence electrons. The van der Waals surface area contributed by atoms with Gasteiger partial charge in [0, 0.05) is 17.6 Å². The van der Waals surface area contributed by atoms with Crippen molar-refractivity contribution in [3.05, 3.63) is 34.9 Å². The van der Waals surface area contributed by atoms with Gasteiger partial charge in [-0.15, -0.1) is 0 Å². The summed E-state index contributed by atoms with van der Waals surface area (Å²) in [6.07, 6.45) is 2.42. The topological polar surface area (TPSA) is 29.3 Å². The smallest absolute Gasteiger partial charge is 0.0511 e. The summed E-state index contributed by atoms with van der Waals surface area (Å²) >= 11 is 6.39. The maximum atomic E-state index is 6.39. The van der Waals surface area contributed by atoms with E-state index >= 15 is 0 Å². The van der Waals surface area contributed by atoms with Crippen LogP contribution in [-0.4, -0.2) is 24.0 Å². The van der Waals surface area contributed by atoms with Crippen molar-refractivity contribution in [1.29, 1.82) is 0 Å². The summed E-state index contributed by atoms with van der Waals surface area (Å²) in [6, 6.07) is 8.32. The molecular weight excluding hydrogens is 268 g/mol. The van der Waals surface area contributed by atoms with Crippen LogP contribution in [-0.2, 0) is 0 Å². The van der Waals surface area contributed by atoms with Crippen LogP contribution in [0.4, 0.5) is 0 Å². The number of nitrogens with two attached hydrogens (primary N) is 1. The maximum absolute atomic E-state index is 6.39. The fraction of sp³-hybridized carbons (Fsp3) is 0.647. The van der Waals surface area contributed by atoms with E-state index < -0.39 is 0 Å². The molecule has 1 aromatic rings. The number of benzene rings is 1. The first kappa shape index (κ1) is 17.5. The predicted octanol–water partition coefficient (Wildman–Crippen LogP) is 4.49. The van der Waals surface area contributed by atoms with Gasteiger partial charge < -0.3 is 5.73 Å². The Labute approximate surface area is 129 Å². The van der Waals surface area contributed by atoms with Gasteiger partial charge in [-0.1, -0.05) is 63.4 Å². The molecule has 20 heavy (non-hydrogen) atoms. The Morgan fingerprint density at radius 2 is 1.75 bits per heavy atom. The van der Waals surface area contributed by atoms with E-state index in [0.717, 1.165) is 29.6 Å². The third kappa shape index (κ3) is 4.47. The Bertz CT molecular complexity index is 388. The molecule has 0 spiro atoms. The zero-order chi connectivity index (χ0) is 15.1. The minimum Gasteiger partial charge on any atom is -0.326 e. The van der Waals surface area contributed by atoms with Crippen molar-refractivity contribution in [2.24, 2.45) is 11.7 Å². The van der Waals surface area contributed by atoms with Crippen LogP contribution in [0.2, 0.25) is 5.02 Å². The van der Waals surface area contributed by atoms with E-state index in [-0.39, 0.29) is 12.1 Å². The SMILES string of the molecule is CCC(CC)CN(CC)C(c1ccccc1Cl)C(C)N. The van der Waals surface area contributed by atoms with Crippen LogP contribution in [0.5, 0.6) is 0 Å². The molecule has 2 N–H and O–H groups in total. The lowest BCUT2D eigenvalue weighted by atomic mass is 9.96. The van der Waals surface area contributed by atoms with Gasteiger partial charge in [0.15, 0.2) is 0 Å². The van der Waals surface area contributed by atoms with Crippen molar-refractivity contribution in [2.75, 3.05) is 13.1 Å². The van der Waals surface area contributed by atoms with Crippen LogP contribution in [0.1, 0.15) is 52.1 Å². The number of likely N-dealkylation sites (N-methyl/N-ethyl adjacent to an activating group) is 1. The van der Waals surface area contributed by atoms with E-state index in [2.05, 4.69) is 38.7 Å². The molecule has 1 aromatic carbocycles. The average molecular weight is 297 g/mol. The standard InChI is InChI=1S/C17H29ClN2/c1-5-14(6-2)12-20(7-3)17(13(4)19)15-10-8-9-11-16(15)18/h8-11,13-14,17H,5-7,12,19H2,1-4H3. The van der Waals surface area contributed by atoms with E-state index in [9.17, 15) is 0 Å². The minimum atomic E-state index is 0.0595. The summed E-state index contributed by atoms with van der Waals surface area (Å²) in [6.45, 7) is 10.9. The van der Waals surface area contributed by atoms with Crippen molar-refractivity contribution in [3.8, 4) is 0 Å². The number of nitrogens with zero attached hydrogens (tertiary/aromatic N) is 1. The summed E-state index contributed by atoms with van der Waals surface area (Å²) in [4.78, 5) is 2.48. The van der Waals surface area contributed by atoms with E-state index in [0.29, 0.717) is 0 Å². The molecule has 0 amide bonds. The van der Waals surface area contributed by atoms with Gasteiger partial charge in [-0.05, 0) is 31.0 Å². The first-order chi connectivity index (χ1) is 9.54. The molecule has 2 unspecified atom stereocenters. The molecule has 2 atom stereocenters. The molecule has 0 bridgehead atoms. The van der Waals surface area contributed by atoms with Gasteiger partial charge in [-0.25, -0.2) is 0 Å². The van der Waals surface area contributed by atoms with Gasteiger partial charge in [-0.2, -0.15) is 0 Å². The summed E-state index contributed by atoms with van der Waals surface area (Å²) in [7, 11) is 0. The summed E-state index contributed by atoms with van der Waals surface area (Å²) < 4.78 is 0. The molecule has 1 rings (SSSR count). The zero-order valence-electron chi connectivity index (χ0n) is 13.3. The molecule has 3 heteroatoms. The van der Waals surface area contributed by atoms with Crippen molar-refractivity contribution < 1.29 is 0 Å². The second-order valence-electron chi connectivity index (χ2n) is 5.60. The maximum Gasteiger partial charge on any atom is 0.0511 e. The van der Waals surface area contributed by atoms with Gasteiger partial charge in [-0.3, -0.25) is 4.90 Å². The summed E-state index contributed by atoms with van der Waals surface area (Å²) in [5.74, 6) is 0.721. The van der Waals surface area contributed by atoms with Gasteiger partial charge in [0.1, 0.15) is 0 Å². The molecule has 0 saturated carbocycles. The van der Waals surface area contributed by atoms with Crippen molar-refractivity contribution >= 4 is 11.6 Å². The third-order valence-electron chi connectivity index (χ3n) is 4.17. The number of hydrogen-bond acceptors (Lipinski definition) is 2. The Kier molecular flexibility index (Phi) is 7.57. The Morgan fingerprint density at radius 3 is 2.20 bits per heavy atom. The monoisotopic (exact) mass is 296 g/mol. The van der Waals surface area contributed by atoms with Crippen LogP contribution in [0.3, 0.4) is 0 Å². The van der Waals surface area contributed by atoms with E-state index in [1.165, 1.54) is 12.8 Å². The van der Waals surface area contributed by atoms with Crippen LogP contribution in [0.15, 0.2) is 24.3 Å². The molecule has 0 aliphatic heterocycles. The van der Waals surface area contributed by atoms with Crippen LogP contribution in [0.25, 0.3) is 0 Å². The second kappa shape index (κ2) is 8.66. The van der Waals surface area contributed by atoms with Gasteiger partial charge in [0.25, 0.3) is 0 Å². The molecule has 0 aliphatic carbocycles. The van der Waals surface area contributed by atoms with E-state index in [1.807, 2.05) is 18.2 Å². The minimum absolute atomic E-state index is 0.0595.